The predicted molar refractivity (Wildman–Crippen MR) is 65.2 cm³/mol. The standard InChI is InChI=1S/C10H13BrClNO2/c11-4-3-9(14)10(15)6-1-2-7(12)8(13)5-6/h1-2,5,9-10,14-15H,3-4,13H2. The van der Waals surface area contributed by atoms with E-state index in [4.69, 9.17) is 17.3 Å². The lowest BCUT2D eigenvalue weighted by Gasteiger charge is -2.17. The molecule has 1 rings (SSSR count). The average Bonchev–Trinajstić information content (AvgIpc) is 2.21. The van der Waals surface area contributed by atoms with Crippen LogP contribution < -0.4 is 5.73 Å². The monoisotopic (exact) mass is 293 g/mol. The molecule has 5 heteroatoms. The summed E-state index contributed by atoms with van der Waals surface area (Å²) in [5.74, 6) is 0. The maximum absolute atomic E-state index is 9.77. The molecule has 1 aromatic rings. The molecule has 0 aromatic heterocycles. The lowest BCUT2D eigenvalue weighted by Crippen LogP contribution is -2.18. The van der Waals surface area contributed by atoms with Gasteiger partial charge in [0, 0.05) is 5.33 Å². The molecule has 2 atom stereocenters. The molecule has 0 aliphatic heterocycles. The van der Waals surface area contributed by atoms with Gasteiger partial charge >= 0.3 is 0 Å². The first-order chi connectivity index (χ1) is 7.06. The quantitative estimate of drug-likeness (QED) is 0.588. The number of aliphatic hydroxyl groups excluding tert-OH is 2. The Morgan fingerprint density at radius 3 is 2.60 bits per heavy atom. The van der Waals surface area contributed by atoms with Crippen LogP contribution in [0.5, 0.6) is 0 Å². The number of rotatable bonds is 4. The molecule has 0 saturated heterocycles. The lowest BCUT2D eigenvalue weighted by molar-refractivity contribution is 0.0174. The molecule has 0 aliphatic carbocycles. The summed E-state index contributed by atoms with van der Waals surface area (Å²) in [5, 5.41) is 20.4. The summed E-state index contributed by atoms with van der Waals surface area (Å²) in [7, 11) is 0. The zero-order chi connectivity index (χ0) is 11.4. The van der Waals surface area contributed by atoms with Gasteiger partial charge in [0.2, 0.25) is 0 Å². The van der Waals surface area contributed by atoms with Gasteiger partial charge in [0.1, 0.15) is 6.10 Å². The van der Waals surface area contributed by atoms with Crippen LogP contribution in [-0.2, 0) is 0 Å². The van der Waals surface area contributed by atoms with Gasteiger partial charge < -0.3 is 15.9 Å². The highest BCUT2D eigenvalue weighted by atomic mass is 79.9. The fourth-order valence-corrected chi connectivity index (χ4v) is 1.82. The van der Waals surface area contributed by atoms with Crippen molar-refractivity contribution in [2.45, 2.75) is 18.6 Å². The second-order valence-electron chi connectivity index (χ2n) is 3.27. The van der Waals surface area contributed by atoms with Gasteiger partial charge in [-0.2, -0.15) is 0 Å². The predicted octanol–water partition coefficient (Wildman–Crippen LogP) is 2.10. The third-order valence-electron chi connectivity index (χ3n) is 2.13. The van der Waals surface area contributed by atoms with Crippen molar-refractivity contribution < 1.29 is 10.2 Å². The van der Waals surface area contributed by atoms with E-state index in [-0.39, 0.29) is 0 Å². The molecule has 2 unspecified atom stereocenters. The summed E-state index contributed by atoms with van der Waals surface area (Å²) >= 11 is 8.95. The van der Waals surface area contributed by atoms with Crippen molar-refractivity contribution >= 4 is 33.2 Å². The number of hydrogen-bond donors (Lipinski definition) is 3. The molecule has 0 fully saturated rings. The molecule has 1 aromatic carbocycles. The Morgan fingerprint density at radius 2 is 2.07 bits per heavy atom. The minimum Gasteiger partial charge on any atom is -0.398 e. The Bertz CT molecular complexity index is 335. The first-order valence-corrected chi connectivity index (χ1v) is 6.03. The summed E-state index contributed by atoms with van der Waals surface area (Å²) in [6.07, 6.45) is -1.25. The van der Waals surface area contributed by atoms with Crippen LogP contribution >= 0.6 is 27.5 Å². The Labute approximate surface area is 102 Å². The first-order valence-electron chi connectivity index (χ1n) is 4.53. The summed E-state index contributed by atoms with van der Waals surface area (Å²) in [4.78, 5) is 0. The van der Waals surface area contributed by atoms with Crippen LogP contribution in [-0.4, -0.2) is 21.6 Å². The summed E-state index contributed by atoms with van der Waals surface area (Å²) in [6.45, 7) is 0. The van der Waals surface area contributed by atoms with Gasteiger partial charge in [-0.15, -0.1) is 0 Å². The van der Waals surface area contributed by atoms with E-state index < -0.39 is 12.2 Å². The second kappa shape index (κ2) is 5.70. The minimum atomic E-state index is -0.929. The number of aliphatic hydroxyl groups is 2. The van der Waals surface area contributed by atoms with Crippen molar-refractivity contribution in [3.63, 3.8) is 0 Å². The van der Waals surface area contributed by atoms with E-state index in [1.54, 1.807) is 18.2 Å². The first kappa shape index (κ1) is 12.8. The van der Waals surface area contributed by atoms with Crippen LogP contribution in [0.4, 0.5) is 5.69 Å². The highest BCUT2D eigenvalue weighted by Crippen LogP contribution is 2.25. The fraction of sp³-hybridized carbons (Fsp3) is 0.400. The third kappa shape index (κ3) is 3.34. The van der Waals surface area contributed by atoms with Gasteiger partial charge in [-0.25, -0.2) is 0 Å². The average molecular weight is 295 g/mol. The van der Waals surface area contributed by atoms with Crippen molar-refractivity contribution in [3.8, 4) is 0 Å². The number of benzene rings is 1. The minimum absolute atomic E-state index is 0.402. The van der Waals surface area contributed by atoms with E-state index in [9.17, 15) is 10.2 Å². The van der Waals surface area contributed by atoms with Crippen LogP contribution in [0.3, 0.4) is 0 Å². The van der Waals surface area contributed by atoms with Crippen LogP contribution in [0.15, 0.2) is 18.2 Å². The Balaban J connectivity index is 2.81. The highest BCUT2D eigenvalue weighted by Gasteiger charge is 2.18. The fourth-order valence-electron chi connectivity index (χ4n) is 1.24. The molecular formula is C10H13BrClNO2. The van der Waals surface area contributed by atoms with Crippen molar-refractivity contribution in [2.24, 2.45) is 0 Å². The van der Waals surface area contributed by atoms with Crippen LogP contribution in [0.25, 0.3) is 0 Å². The molecule has 0 saturated carbocycles. The molecule has 0 amide bonds. The molecule has 84 valence electrons. The van der Waals surface area contributed by atoms with E-state index in [2.05, 4.69) is 15.9 Å². The van der Waals surface area contributed by atoms with Crippen molar-refractivity contribution in [1.82, 2.24) is 0 Å². The molecule has 3 nitrogen and oxygen atoms in total. The highest BCUT2D eigenvalue weighted by molar-refractivity contribution is 9.09. The van der Waals surface area contributed by atoms with Crippen LogP contribution in [0, 0.1) is 0 Å². The second-order valence-corrected chi connectivity index (χ2v) is 4.47. The topological polar surface area (TPSA) is 66.5 Å². The van der Waals surface area contributed by atoms with Gasteiger partial charge in [0.15, 0.2) is 0 Å². The molecule has 15 heavy (non-hydrogen) atoms. The molecular weight excluding hydrogens is 281 g/mol. The zero-order valence-electron chi connectivity index (χ0n) is 8.03. The van der Waals surface area contributed by atoms with Gasteiger partial charge in [0.25, 0.3) is 0 Å². The molecule has 0 spiro atoms. The third-order valence-corrected chi connectivity index (χ3v) is 2.93. The Kier molecular flexibility index (Phi) is 4.86. The van der Waals surface area contributed by atoms with Crippen molar-refractivity contribution in [3.05, 3.63) is 28.8 Å². The number of alkyl halides is 1. The Morgan fingerprint density at radius 1 is 1.40 bits per heavy atom. The lowest BCUT2D eigenvalue weighted by atomic mass is 10.0. The number of nitrogens with two attached hydrogens (primary N) is 1. The van der Waals surface area contributed by atoms with Gasteiger partial charge in [-0.1, -0.05) is 33.6 Å². The van der Waals surface area contributed by atoms with E-state index in [0.29, 0.717) is 28.0 Å². The van der Waals surface area contributed by atoms with E-state index in [1.165, 1.54) is 0 Å². The summed E-state index contributed by atoms with van der Waals surface area (Å²) in [5.41, 5.74) is 6.58. The molecule has 4 N–H and O–H groups in total. The number of anilines is 1. The van der Waals surface area contributed by atoms with Crippen molar-refractivity contribution in [2.75, 3.05) is 11.1 Å². The molecule has 0 aliphatic rings. The SMILES string of the molecule is Nc1cc(C(O)C(O)CCBr)ccc1Cl. The zero-order valence-corrected chi connectivity index (χ0v) is 10.4. The smallest absolute Gasteiger partial charge is 0.105 e. The van der Waals surface area contributed by atoms with Crippen molar-refractivity contribution in [1.29, 1.82) is 0 Å². The molecule has 0 radical (unpaired) electrons. The van der Waals surface area contributed by atoms with Crippen LogP contribution in [0.1, 0.15) is 18.1 Å². The molecule has 0 bridgehead atoms. The summed E-state index contributed by atoms with van der Waals surface area (Å²) in [6, 6.07) is 4.83. The van der Waals surface area contributed by atoms with Gasteiger partial charge in [-0.05, 0) is 24.1 Å². The number of halogens is 2. The normalized spacial score (nSPS) is 14.9. The van der Waals surface area contributed by atoms with E-state index in [0.717, 1.165) is 0 Å². The largest absolute Gasteiger partial charge is 0.398 e. The maximum Gasteiger partial charge on any atom is 0.105 e. The number of nitrogen functional groups attached to an aromatic ring is 1. The van der Waals surface area contributed by atoms with Gasteiger partial charge in [-0.3, -0.25) is 0 Å². The van der Waals surface area contributed by atoms with Gasteiger partial charge in [0.05, 0.1) is 16.8 Å². The van der Waals surface area contributed by atoms with Crippen LogP contribution in [0.2, 0.25) is 5.02 Å². The Hall–Kier alpha value is -0.290. The maximum atomic E-state index is 9.77. The van der Waals surface area contributed by atoms with E-state index >= 15 is 0 Å². The van der Waals surface area contributed by atoms with E-state index in [1.807, 2.05) is 0 Å². The molecule has 0 heterocycles. The number of hydrogen-bond acceptors (Lipinski definition) is 3. The summed E-state index contributed by atoms with van der Waals surface area (Å²) < 4.78 is 0.